The van der Waals surface area contributed by atoms with Crippen LogP contribution in [0.2, 0.25) is 0 Å². The molecule has 1 rings (SSSR count). The third kappa shape index (κ3) is 4.61. The molecule has 0 amide bonds. The summed E-state index contributed by atoms with van der Waals surface area (Å²) in [6.45, 7) is 0.521. The van der Waals surface area contributed by atoms with Crippen LogP contribution in [-0.4, -0.2) is 45.3 Å². The third-order valence-electron chi connectivity index (χ3n) is 2.85. The number of carbonyl (C=O) groups is 1. The molecule has 5 nitrogen and oxygen atoms in total. The lowest BCUT2D eigenvalue weighted by atomic mass is 10.1. The van der Waals surface area contributed by atoms with Gasteiger partial charge in [-0.3, -0.25) is 10.1 Å². The summed E-state index contributed by atoms with van der Waals surface area (Å²) in [5, 5.41) is 3.18. The highest BCUT2D eigenvalue weighted by molar-refractivity contribution is 7.98. The molecule has 0 heterocycles. The molecule has 0 spiro atoms. The number of methoxy groups -OCH3 is 3. The summed E-state index contributed by atoms with van der Waals surface area (Å²) < 4.78 is 15.3. The van der Waals surface area contributed by atoms with Crippen molar-refractivity contribution in [2.75, 3.05) is 33.3 Å². The van der Waals surface area contributed by atoms with Crippen LogP contribution in [0.15, 0.2) is 18.2 Å². The van der Waals surface area contributed by atoms with E-state index in [0.717, 1.165) is 17.1 Å². The zero-order valence-electron chi connectivity index (χ0n) is 12.3. The van der Waals surface area contributed by atoms with Gasteiger partial charge in [0.2, 0.25) is 0 Å². The molecule has 0 saturated heterocycles. The van der Waals surface area contributed by atoms with Gasteiger partial charge in [-0.25, -0.2) is 0 Å². The molecule has 0 unspecified atom stereocenters. The van der Waals surface area contributed by atoms with Gasteiger partial charge in [0.05, 0.1) is 21.3 Å². The highest BCUT2D eigenvalue weighted by atomic mass is 32.2. The maximum absolute atomic E-state index is 11.6. The Kier molecular flexibility index (Phi) is 7.25. The van der Waals surface area contributed by atoms with Gasteiger partial charge >= 0.3 is 5.97 Å². The Hall–Kier alpha value is -1.40. The predicted octanol–water partition coefficient (Wildman–Crippen LogP) is 1.70. The number of thioether (sulfide) groups is 1. The average molecular weight is 299 g/mol. The lowest BCUT2D eigenvalue weighted by Crippen LogP contribution is -2.39. The van der Waals surface area contributed by atoms with E-state index >= 15 is 0 Å². The second kappa shape index (κ2) is 8.71. The molecule has 1 aromatic rings. The first-order chi connectivity index (χ1) is 9.65. The van der Waals surface area contributed by atoms with E-state index in [1.54, 1.807) is 26.0 Å². The minimum atomic E-state index is -0.332. The summed E-state index contributed by atoms with van der Waals surface area (Å²) in [5.41, 5.74) is 0.961. The second-order valence-corrected chi connectivity index (χ2v) is 5.00. The molecule has 0 radical (unpaired) electrons. The van der Waals surface area contributed by atoms with Crippen molar-refractivity contribution in [1.29, 1.82) is 0 Å². The minimum absolute atomic E-state index is 0.258. The zero-order chi connectivity index (χ0) is 15.0. The normalized spacial score (nSPS) is 11.8. The van der Waals surface area contributed by atoms with Crippen molar-refractivity contribution in [2.24, 2.45) is 0 Å². The van der Waals surface area contributed by atoms with Crippen LogP contribution in [-0.2, 0) is 16.1 Å². The van der Waals surface area contributed by atoms with Gasteiger partial charge in [0.25, 0.3) is 0 Å². The Bertz CT molecular complexity index is 439. The molecule has 1 aromatic carbocycles. The quantitative estimate of drug-likeness (QED) is 0.737. The van der Waals surface area contributed by atoms with Gasteiger partial charge < -0.3 is 14.2 Å². The highest BCUT2D eigenvalue weighted by Gasteiger charge is 2.18. The van der Waals surface area contributed by atoms with Crippen molar-refractivity contribution in [3.05, 3.63) is 23.8 Å². The Morgan fingerprint density at radius 2 is 2.05 bits per heavy atom. The van der Waals surface area contributed by atoms with E-state index in [4.69, 9.17) is 14.2 Å². The zero-order valence-corrected chi connectivity index (χ0v) is 13.1. The van der Waals surface area contributed by atoms with E-state index in [2.05, 4.69) is 5.32 Å². The van der Waals surface area contributed by atoms with E-state index in [0.29, 0.717) is 12.3 Å². The van der Waals surface area contributed by atoms with E-state index in [1.165, 1.54) is 7.11 Å². The van der Waals surface area contributed by atoms with Crippen LogP contribution in [0.1, 0.15) is 5.56 Å². The van der Waals surface area contributed by atoms with Crippen molar-refractivity contribution < 1.29 is 19.0 Å². The topological polar surface area (TPSA) is 56.8 Å². The van der Waals surface area contributed by atoms with Gasteiger partial charge in [-0.2, -0.15) is 11.8 Å². The summed E-state index contributed by atoms with van der Waals surface area (Å²) >= 11 is 1.59. The lowest BCUT2D eigenvalue weighted by Gasteiger charge is -2.17. The highest BCUT2D eigenvalue weighted by Crippen LogP contribution is 2.24. The minimum Gasteiger partial charge on any atom is -0.497 e. The first-order valence-corrected chi connectivity index (χ1v) is 7.56. The summed E-state index contributed by atoms with van der Waals surface area (Å²) in [6, 6.07) is 5.26. The fraction of sp³-hybridized carbons (Fsp3) is 0.500. The molecule has 0 fully saturated rings. The van der Waals surface area contributed by atoms with Crippen LogP contribution in [0.5, 0.6) is 11.5 Å². The smallest absolute Gasteiger partial charge is 0.323 e. The van der Waals surface area contributed by atoms with E-state index < -0.39 is 0 Å². The standard InChI is InChI=1S/C14H21NO4S/c1-17-11-6-5-10(13(7-11)18-2)8-15-12(9-20-4)14(16)19-3/h5-7,12,15H,8-9H2,1-4H3/t12-/m1/s1. The molecule has 1 atom stereocenters. The van der Waals surface area contributed by atoms with Gasteiger partial charge in [0.1, 0.15) is 17.5 Å². The van der Waals surface area contributed by atoms with Gasteiger partial charge in [0, 0.05) is 23.9 Å². The van der Waals surface area contributed by atoms with Gasteiger partial charge in [0.15, 0.2) is 0 Å². The fourth-order valence-corrected chi connectivity index (χ4v) is 2.34. The van der Waals surface area contributed by atoms with Crippen molar-refractivity contribution in [1.82, 2.24) is 5.32 Å². The van der Waals surface area contributed by atoms with Crippen LogP contribution in [0.3, 0.4) is 0 Å². The van der Waals surface area contributed by atoms with Gasteiger partial charge in [-0.1, -0.05) is 6.07 Å². The first kappa shape index (κ1) is 16.7. The molecule has 0 aliphatic rings. The Morgan fingerprint density at radius 3 is 2.60 bits per heavy atom. The molecule has 0 aliphatic heterocycles. The van der Waals surface area contributed by atoms with Gasteiger partial charge in [-0.05, 0) is 12.3 Å². The van der Waals surface area contributed by atoms with Crippen molar-refractivity contribution in [2.45, 2.75) is 12.6 Å². The number of esters is 1. The number of rotatable bonds is 8. The predicted molar refractivity (Wildman–Crippen MR) is 80.6 cm³/mol. The molecule has 0 bridgehead atoms. The Labute approximate surface area is 124 Å². The van der Waals surface area contributed by atoms with E-state index in [-0.39, 0.29) is 12.0 Å². The first-order valence-electron chi connectivity index (χ1n) is 6.17. The molecule has 20 heavy (non-hydrogen) atoms. The van der Waals surface area contributed by atoms with Crippen molar-refractivity contribution in [3.8, 4) is 11.5 Å². The van der Waals surface area contributed by atoms with Crippen molar-refractivity contribution in [3.63, 3.8) is 0 Å². The number of ether oxygens (including phenoxy) is 3. The molecule has 0 aromatic heterocycles. The molecule has 1 N–H and O–H groups in total. The number of hydrogen-bond donors (Lipinski definition) is 1. The SMILES string of the molecule is COC(=O)[C@@H](CSC)NCc1ccc(OC)cc1OC. The number of nitrogens with one attached hydrogen (secondary N) is 1. The average Bonchev–Trinajstić information content (AvgIpc) is 2.50. The maximum atomic E-state index is 11.6. The lowest BCUT2D eigenvalue weighted by molar-refractivity contribution is -0.142. The summed E-state index contributed by atoms with van der Waals surface area (Å²) in [5.74, 6) is 1.86. The van der Waals surface area contributed by atoms with Crippen LogP contribution >= 0.6 is 11.8 Å². The molecule has 6 heteroatoms. The van der Waals surface area contributed by atoms with Gasteiger partial charge in [-0.15, -0.1) is 0 Å². The summed E-state index contributed by atoms with van der Waals surface area (Å²) in [7, 11) is 4.61. The van der Waals surface area contributed by atoms with Crippen molar-refractivity contribution >= 4 is 17.7 Å². The number of carbonyl (C=O) groups excluding carboxylic acids is 1. The molecule has 0 aliphatic carbocycles. The largest absolute Gasteiger partial charge is 0.497 e. The molecular formula is C14H21NO4S. The monoisotopic (exact) mass is 299 g/mol. The fourth-order valence-electron chi connectivity index (χ4n) is 1.75. The molecule has 112 valence electrons. The summed E-state index contributed by atoms with van der Waals surface area (Å²) in [6.07, 6.45) is 1.95. The maximum Gasteiger partial charge on any atom is 0.323 e. The third-order valence-corrected chi connectivity index (χ3v) is 3.52. The van der Waals surface area contributed by atoms with Crippen LogP contribution < -0.4 is 14.8 Å². The van der Waals surface area contributed by atoms with Crippen LogP contribution in [0.25, 0.3) is 0 Å². The van der Waals surface area contributed by atoms with E-state index in [1.807, 2.05) is 24.5 Å². The molecular weight excluding hydrogens is 278 g/mol. The second-order valence-electron chi connectivity index (χ2n) is 4.09. The van der Waals surface area contributed by atoms with Crippen LogP contribution in [0.4, 0.5) is 0 Å². The number of hydrogen-bond acceptors (Lipinski definition) is 6. The number of benzene rings is 1. The Morgan fingerprint density at radius 1 is 1.30 bits per heavy atom. The van der Waals surface area contributed by atoms with Crippen LogP contribution in [0, 0.1) is 0 Å². The Balaban J connectivity index is 2.74. The summed E-state index contributed by atoms with van der Waals surface area (Å²) in [4.78, 5) is 11.6. The van der Waals surface area contributed by atoms with E-state index in [9.17, 15) is 4.79 Å². The molecule has 0 saturated carbocycles.